The van der Waals surface area contributed by atoms with Gasteiger partial charge in [-0.1, -0.05) is 23.2 Å². The predicted molar refractivity (Wildman–Crippen MR) is 101 cm³/mol. The molecule has 0 bridgehead atoms. The SMILES string of the molecule is O=C(OCc1nnc(-c2ccc(Cl)cc2)o1)c1ccc2nc(Cl)ccc2c1. The molecule has 0 aliphatic rings. The molecule has 27 heavy (non-hydrogen) atoms. The van der Waals surface area contributed by atoms with Gasteiger partial charge >= 0.3 is 5.97 Å². The van der Waals surface area contributed by atoms with E-state index in [1.54, 1.807) is 54.6 Å². The van der Waals surface area contributed by atoms with Gasteiger partial charge in [0.15, 0.2) is 6.61 Å². The fourth-order valence-electron chi connectivity index (χ4n) is 2.46. The number of hydrogen-bond donors (Lipinski definition) is 0. The average molecular weight is 400 g/mol. The molecule has 0 saturated carbocycles. The van der Waals surface area contributed by atoms with Crippen LogP contribution < -0.4 is 0 Å². The molecule has 2 aromatic carbocycles. The maximum absolute atomic E-state index is 12.3. The van der Waals surface area contributed by atoms with Gasteiger partial charge in [-0.25, -0.2) is 9.78 Å². The van der Waals surface area contributed by atoms with E-state index in [0.717, 1.165) is 10.9 Å². The summed E-state index contributed by atoms with van der Waals surface area (Å²) in [5, 5.41) is 9.63. The number of esters is 1. The van der Waals surface area contributed by atoms with Gasteiger partial charge in [-0.3, -0.25) is 0 Å². The fourth-order valence-corrected chi connectivity index (χ4v) is 2.74. The maximum Gasteiger partial charge on any atom is 0.338 e. The summed E-state index contributed by atoms with van der Waals surface area (Å²) in [6, 6.07) is 15.5. The van der Waals surface area contributed by atoms with E-state index >= 15 is 0 Å². The van der Waals surface area contributed by atoms with Gasteiger partial charge in [0.05, 0.1) is 11.1 Å². The fraction of sp³-hybridized carbons (Fsp3) is 0.0526. The van der Waals surface area contributed by atoms with E-state index < -0.39 is 5.97 Å². The zero-order valence-electron chi connectivity index (χ0n) is 13.7. The first-order valence-corrected chi connectivity index (χ1v) is 8.66. The van der Waals surface area contributed by atoms with Crippen LogP contribution >= 0.6 is 23.2 Å². The Bertz CT molecular complexity index is 1130. The standard InChI is InChI=1S/C19H11Cl2N3O3/c20-14-5-1-11(2-6-14)18-24-23-17(27-18)10-26-19(25)13-3-7-15-12(9-13)4-8-16(21)22-15/h1-9H,10H2. The highest BCUT2D eigenvalue weighted by molar-refractivity contribution is 6.30. The van der Waals surface area contributed by atoms with Crippen molar-refractivity contribution in [3.63, 3.8) is 0 Å². The highest BCUT2D eigenvalue weighted by Crippen LogP contribution is 2.21. The third-order valence-corrected chi connectivity index (χ3v) is 4.24. The van der Waals surface area contributed by atoms with Crippen molar-refractivity contribution in [2.75, 3.05) is 0 Å². The second kappa shape index (κ2) is 7.34. The zero-order chi connectivity index (χ0) is 18.8. The molecule has 0 radical (unpaired) electrons. The first-order chi connectivity index (χ1) is 13.1. The molecule has 0 aliphatic carbocycles. The van der Waals surface area contributed by atoms with Gasteiger partial charge in [0.25, 0.3) is 5.89 Å². The molecular formula is C19H11Cl2N3O3. The Balaban J connectivity index is 1.45. The normalized spacial score (nSPS) is 10.9. The smallest absolute Gasteiger partial charge is 0.338 e. The Hall–Kier alpha value is -2.96. The van der Waals surface area contributed by atoms with Crippen LogP contribution in [0, 0.1) is 0 Å². The van der Waals surface area contributed by atoms with E-state index in [4.69, 9.17) is 32.4 Å². The number of carbonyl (C=O) groups is 1. The molecular weight excluding hydrogens is 389 g/mol. The number of rotatable bonds is 4. The van der Waals surface area contributed by atoms with Gasteiger partial charge in [-0.2, -0.15) is 0 Å². The first kappa shape index (κ1) is 17.5. The molecule has 4 aromatic rings. The molecule has 0 fully saturated rings. The van der Waals surface area contributed by atoms with Crippen LogP contribution in [0.2, 0.25) is 10.2 Å². The number of fused-ring (bicyclic) bond motifs is 1. The minimum atomic E-state index is -0.502. The molecule has 6 nitrogen and oxygen atoms in total. The number of halogens is 2. The molecule has 0 atom stereocenters. The number of carbonyl (C=O) groups excluding carboxylic acids is 1. The lowest BCUT2D eigenvalue weighted by atomic mass is 10.1. The molecule has 4 rings (SSSR count). The monoisotopic (exact) mass is 399 g/mol. The summed E-state index contributed by atoms with van der Waals surface area (Å²) in [5.41, 5.74) is 1.82. The number of aromatic nitrogens is 3. The molecule has 2 aromatic heterocycles. The van der Waals surface area contributed by atoms with Crippen molar-refractivity contribution >= 4 is 40.1 Å². The molecule has 0 spiro atoms. The van der Waals surface area contributed by atoms with Crippen molar-refractivity contribution in [3.8, 4) is 11.5 Å². The van der Waals surface area contributed by atoms with Crippen LogP contribution in [-0.4, -0.2) is 21.2 Å². The quantitative estimate of drug-likeness (QED) is 0.356. The molecule has 0 aliphatic heterocycles. The second-order valence-electron chi connectivity index (χ2n) is 5.63. The van der Waals surface area contributed by atoms with E-state index in [-0.39, 0.29) is 12.5 Å². The van der Waals surface area contributed by atoms with Crippen molar-refractivity contribution in [1.82, 2.24) is 15.2 Å². The molecule has 2 heterocycles. The van der Waals surface area contributed by atoms with Crippen molar-refractivity contribution in [1.29, 1.82) is 0 Å². The van der Waals surface area contributed by atoms with Crippen LogP contribution in [0.15, 0.2) is 59.0 Å². The Morgan fingerprint density at radius 1 is 1.00 bits per heavy atom. The van der Waals surface area contributed by atoms with Crippen molar-refractivity contribution in [2.24, 2.45) is 0 Å². The van der Waals surface area contributed by atoms with Gasteiger partial charge in [0.2, 0.25) is 5.89 Å². The largest absolute Gasteiger partial charge is 0.452 e. The summed E-state index contributed by atoms with van der Waals surface area (Å²) in [6.45, 7) is -0.129. The van der Waals surface area contributed by atoms with Crippen molar-refractivity contribution in [2.45, 2.75) is 6.61 Å². The minimum Gasteiger partial charge on any atom is -0.452 e. The summed E-state index contributed by atoms with van der Waals surface area (Å²) < 4.78 is 10.8. The minimum absolute atomic E-state index is 0.129. The van der Waals surface area contributed by atoms with Gasteiger partial charge in [-0.05, 0) is 54.6 Å². The third kappa shape index (κ3) is 3.92. The van der Waals surface area contributed by atoms with Gasteiger partial charge < -0.3 is 9.15 Å². The molecule has 134 valence electrons. The van der Waals surface area contributed by atoms with E-state index in [2.05, 4.69) is 15.2 Å². The van der Waals surface area contributed by atoms with Crippen molar-refractivity contribution in [3.05, 3.63) is 76.2 Å². The van der Waals surface area contributed by atoms with Crippen LogP contribution in [0.25, 0.3) is 22.4 Å². The third-order valence-electron chi connectivity index (χ3n) is 3.78. The lowest BCUT2D eigenvalue weighted by molar-refractivity contribution is 0.0439. The van der Waals surface area contributed by atoms with E-state index in [9.17, 15) is 4.79 Å². The number of benzene rings is 2. The Kier molecular flexibility index (Phi) is 4.75. The molecule has 8 heteroatoms. The molecule has 0 unspecified atom stereocenters. The molecule has 0 N–H and O–H groups in total. The van der Waals surface area contributed by atoms with Crippen LogP contribution in [-0.2, 0) is 11.3 Å². The topological polar surface area (TPSA) is 78.1 Å². The summed E-state index contributed by atoms with van der Waals surface area (Å²) in [4.78, 5) is 16.4. The zero-order valence-corrected chi connectivity index (χ0v) is 15.2. The van der Waals surface area contributed by atoms with Crippen molar-refractivity contribution < 1.29 is 13.9 Å². The van der Waals surface area contributed by atoms with E-state index in [1.807, 2.05) is 0 Å². The molecule has 0 amide bonds. The van der Waals surface area contributed by atoms with Crippen LogP contribution in [0.3, 0.4) is 0 Å². The van der Waals surface area contributed by atoms with Crippen LogP contribution in [0.5, 0.6) is 0 Å². The Labute approximate surface area is 163 Å². The number of ether oxygens (including phenoxy) is 1. The highest BCUT2D eigenvalue weighted by Gasteiger charge is 2.13. The average Bonchev–Trinajstić information content (AvgIpc) is 3.15. The number of hydrogen-bond acceptors (Lipinski definition) is 6. The first-order valence-electron chi connectivity index (χ1n) is 7.90. The summed E-state index contributed by atoms with van der Waals surface area (Å²) >= 11 is 11.7. The van der Waals surface area contributed by atoms with Gasteiger partial charge in [0, 0.05) is 16.0 Å². The Morgan fingerprint density at radius 2 is 1.81 bits per heavy atom. The predicted octanol–water partition coefficient (Wildman–Crippen LogP) is 4.95. The number of nitrogens with zero attached hydrogens (tertiary/aromatic N) is 3. The summed E-state index contributed by atoms with van der Waals surface area (Å²) in [7, 11) is 0. The highest BCUT2D eigenvalue weighted by atomic mass is 35.5. The lowest BCUT2D eigenvalue weighted by Crippen LogP contribution is -2.05. The maximum atomic E-state index is 12.3. The lowest BCUT2D eigenvalue weighted by Gasteiger charge is -2.04. The van der Waals surface area contributed by atoms with Crippen LogP contribution in [0.4, 0.5) is 0 Å². The Morgan fingerprint density at radius 3 is 2.63 bits per heavy atom. The van der Waals surface area contributed by atoms with Gasteiger partial charge in [-0.15, -0.1) is 10.2 Å². The van der Waals surface area contributed by atoms with Crippen LogP contribution in [0.1, 0.15) is 16.2 Å². The number of pyridine rings is 1. The van der Waals surface area contributed by atoms with Gasteiger partial charge in [0.1, 0.15) is 5.15 Å². The summed E-state index contributed by atoms with van der Waals surface area (Å²) in [5.74, 6) is 0.0204. The summed E-state index contributed by atoms with van der Waals surface area (Å²) in [6.07, 6.45) is 0. The van der Waals surface area contributed by atoms with E-state index in [0.29, 0.717) is 27.1 Å². The second-order valence-corrected chi connectivity index (χ2v) is 6.45. The molecule has 0 saturated heterocycles. The van der Waals surface area contributed by atoms with E-state index in [1.165, 1.54) is 0 Å².